The zero-order chi connectivity index (χ0) is 13.1. The Balaban J connectivity index is 1.99. The number of nitrogens with zero attached hydrogens (tertiary/aromatic N) is 1. The quantitative estimate of drug-likeness (QED) is 0.893. The van der Waals surface area contributed by atoms with E-state index >= 15 is 0 Å². The molecule has 1 saturated heterocycles. The Labute approximate surface area is 113 Å². The summed E-state index contributed by atoms with van der Waals surface area (Å²) in [5.74, 6) is -0.894. The van der Waals surface area contributed by atoms with Crippen LogP contribution in [0.4, 0.5) is 4.79 Å². The third kappa shape index (κ3) is 3.01. The number of benzene rings is 1. The molecule has 1 aliphatic heterocycles. The number of hydrogen-bond acceptors (Lipinski definition) is 2. The van der Waals surface area contributed by atoms with E-state index in [0.717, 1.165) is 10.0 Å². The Hall–Kier alpha value is -1.56. The van der Waals surface area contributed by atoms with Crippen LogP contribution >= 0.6 is 15.9 Å². The normalized spacial score (nSPS) is 18.8. The number of halogens is 1. The summed E-state index contributed by atoms with van der Waals surface area (Å²) in [4.78, 5) is 23.7. The highest BCUT2D eigenvalue weighted by atomic mass is 79.9. The number of carbonyl (C=O) groups is 2. The number of nitrogens with one attached hydrogen (secondary N) is 1. The van der Waals surface area contributed by atoms with Crippen LogP contribution in [0.25, 0.3) is 0 Å². The summed E-state index contributed by atoms with van der Waals surface area (Å²) in [6.45, 7) is 0.752. The van der Waals surface area contributed by atoms with E-state index in [1.807, 2.05) is 24.3 Å². The summed E-state index contributed by atoms with van der Waals surface area (Å²) >= 11 is 3.36. The number of hydrogen-bond donors (Lipinski definition) is 2. The van der Waals surface area contributed by atoms with Crippen LogP contribution in [0.5, 0.6) is 0 Å². The van der Waals surface area contributed by atoms with Crippen LogP contribution in [0, 0.1) is 0 Å². The number of carboxylic acid groups (broad SMARTS) is 1. The van der Waals surface area contributed by atoms with E-state index in [4.69, 9.17) is 5.11 Å². The maximum absolute atomic E-state index is 11.7. The van der Waals surface area contributed by atoms with E-state index in [1.165, 1.54) is 4.90 Å². The molecule has 2 N–H and O–H groups in total. The van der Waals surface area contributed by atoms with Gasteiger partial charge in [0.25, 0.3) is 0 Å². The van der Waals surface area contributed by atoms with Crippen molar-refractivity contribution < 1.29 is 14.7 Å². The summed E-state index contributed by atoms with van der Waals surface area (Å²) in [6.07, 6.45) is -0.0273. The molecule has 5 nitrogen and oxygen atoms in total. The molecule has 0 saturated carbocycles. The van der Waals surface area contributed by atoms with Crippen LogP contribution in [0.15, 0.2) is 28.7 Å². The third-order valence-electron chi connectivity index (χ3n) is 2.86. The van der Waals surface area contributed by atoms with E-state index in [1.54, 1.807) is 0 Å². The lowest BCUT2D eigenvalue weighted by atomic mass is 10.1. The lowest BCUT2D eigenvalue weighted by Crippen LogP contribution is -2.30. The minimum Gasteiger partial charge on any atom is -0.481 e. The smallest absolute Gasteiger partial charge is 0.318 e. The van der Waals surface area contributed by atoms with Gasteiger partial charge in [-0.2, -0.15) is 0 Å². The van der Waals surface area contributed by atoms with Crippen LogP contribution < -0.4 is 5.32 Å². The fraction of sp³-hybridized carbons (Fsp3) is 0.333. The van der Waals surface area contributed by atoms with E-state index < -0.39 is 5.97 Å². The average molecular weight is 313 g/mol. The molecule has 1 atom stereocenters. The number of urea groups is 1. The molecule has 2 amide bonds. The van der Waals surface area contributed by atoms with Crippen molar-refractivity contribution in [1.82, 2.24) is 10.2 Å². The molecule has 1 aromatic rings. The van der Waals surface area contributed by atoms with Crippen molar-refractivity contribution in [3.63, 3.8) is 0 Å². The molecule has 1 unspecified atom stereocenters. The summed E-state index contributed by atoms with van der Waals surface area (Å²) in [7, 11) is 0. The highest BCUT2D eigenvalue weighted by Crippen LogP contribution is 2.22. The molecule has 1 aromatic carbocycles. The molecule has 1 aliphatic rings. The van der Waals surface area contributed by atoms with E-state index in [2.05, 4.69) is 21.2 Å². The Bertz CT molecular complexity index is 461. The van der Waals surface area contributed by atoms with Gasteiger partial charge in [-0.15, -0.1) is 0 Å². The summed E-state index contributed by atoms with van der Waals surface area (Å²) in [5, 5.41) is 11.5. The van der Waals surface area contributed by atoms with Crippen molar-refractivity contribution in [3.05, 3.63) is 34.3 Å². The molecular weight excluding hydrogens is 300 g/mol. The highest BCUT2D eigenvalue weighted by molar-refractivity contribution is 9.10. The van der Waals surface area contributed by atoms with Crippen molar-refractivity contribution in [1.29, 1.82) is 0 Å². The molecule has 18 heavy (non-hydrogen) atoms. The van der Waals surface area contributed by atoms with Gasteiger partial charge in [0.15, 0.2) is 0 Å². The van der Waals surface area contributed by atoms with E-state index in [0.29, 0.717) is 6.54 Å². The highest BCUT2D eigenvalue weighted by Gasteiger charge is 2.29. The maximum atomic E-state index is 11.7. The zero-order valence-electron chi connectivity index (χ0n) is 9.60. The largest absolute Gasteiger partial charge is 0.481 e. The van der Waals surface area contributed by atoms with Crippen LogP contribution in [-0.2, 0) is 4.79 Å². The van der Waals surface area contributed by atoms with Crippen molar-refractivity contribution >= 4 is 27.9 Å². The van der Waals surface area contributed by atoms with Gasteiger partial charge in [0.2, 0.25) is 0 Å². The second-order valence-corrected chi connectivity index (χ2v) is 5.06. The minimum atomic E-state index is -0.894. The maximum Gasteiger partial charge on any atom is 0.318 e. The van der Waals surface area contributed by atoms with Crippen molar-refractivity contribution in [3.8, 4) is 0 Å². The SMILES string of the molecule is O=C(O)CCN1CC(c2ccc(Br)cc2)NC1=O. The minimum absolute atomic E-state index is 0.0273. The Morgan fingerprint density at radius 2 is 2.11 bits per heavy atom. The van der Waals surface area contributed by atoms with Crippen molar-refractivity contribution in [2.24, 2.45) is 0 Å². The second kappa shape index (κ2) is 5.39. The molecule has 96 valence electrons. The van der Waals surface area contributed by atoms with Crippen LogP contribution in [0.3, 0.4) is 0 Å². The Morgan fingerprint density at radius 1 is 1.44 bits per heavy atom. The number of amides is 2. The number of aliphatic carboxylic acids is 1. The molecule has 6 heteroatoms. The topological polar surface area (TPSA) is 69.6 Å². The van der Waals surface area contributed by atoms with Crippen LogP contribution in [0.2, 0.25) is 0 Å². The predicted octanol–water partition coefficient (Wildman–Crippen LogP) is 1.99. The monoisotopic (exact) mass is 312 g/mol. The Morgan fingerprint density at radius 3 is 2.72 bits per heavy atom. The van der Waals surface area contributed by atoms with Gasteiger partial charge in [-0.25, -0.2) is 4.79 Å². The first-order valence-corrected chi connectivity index (χ1v) is 6.38. The molecule has 2 rings (SSSR count). The van der Waals surface area contributed by atoms with E-state index in [-0.39, 0.29) is 25.0 Å². The first-order chi connectivity index (χ1) is 8.56. The summed E-state index contributed by atoms with van der Waals surface area (Å²) in [5.41, 5.74) is 1.02. The molecule has 1 fully saturated rings. The zero-order valence-corrected chi connectivity index (χ0v) is 11.2. The molecule has 1 heterocycles. The van der Waals surface area contributed by atoms with Crippen LogP contribution in [0.1, 0.15) is 18.0 Å². The van der Waals surface area contributed by atoms with Crippen molar-refractivity contribution in [2.45, 2.75) is 12.5 Å². The average Bonchev–Trinajstić information content (AvgIpc) is 2.69. The molecule has 0 spiro atoms. The lowest BCUT2D eigenvalue weighted by Gasteiger charge is -2.13. The number of carbonyl (C=O) groups excluding carboxylic acids is 1. The van der Waals surface area contributed by atoms with Crippen molar-refractivity contribution in [2.75, 3.05) is 13.1 Å². The van der Waals surface area contributed by atoms with Gasteiger partial charge in [0.05, 0.1) is 12.5 Å². The Kier molecular flexibility index (Phi) is 3.86. The molecular formula is C12H13BrN2O3. The van der Waals surface area contributed by atoms with Gasteiger partial charge >= 0.3 is 12.0 Å². The first-order valence-electron chi connectivity index (χ1n) is 5.59. The molecule has 0 aromatic heterocycles. The van der Waals surface area contributed by atoms with E-state index in [9.17, 15) is 9.59 Å². The van der Waals surface area contributed by atoms with Gasteiger partial charge in [-0.05, 0) is 17.7 Å². The third-order valence-corrected chi connectivity index (χ3v) is 3.38. The first kappa shape index (κ1) is 12.9. The van der Waals surface area contributed by atoms with Gasteiger partial charge < -0.3 is 15.3 Å². The predicted molar refractivity (Wildman–Crippen MR) is 69.2 cm³/mol. The van der Waals surface area contributed by atoms with Gasteiger partial charge in [0, 0.05) is 17.6 Å². The second-order valence-electron chi connectivity index (χ2n) is 4.14. The van der Waals surface area contributed by atoms with Gasteiger partial charge in [0.1, 0.15) is 0 Å². The lowest BCUT2D eigenvalue weighted by molar-refractivity contribution is -0.137. The summed E-state index contributed by atoms with van der Waals surface area (Å²) in [6, 6.07) is 7.44. The fourth-order valence-corrected chi connectivity index (χ4v) is 2.16. The standard InChI is InChI=1S/C12H13BrN2O3/c13-9-3-1-8(2-4-9)10-7-15(12(18)14-10)6-5-11(16)17/h1-4,10H,5-7H2,(H,14,18)(H,16,17). The van der Waals surface area contributed by atoms with Gasteiger partial charge in [-0.1, -0.05) is 28.1 Å². The molecule has 0 bridgehead atoms. The summed E-state index contributed by atoms with van der Waals surface area (Å²) < 4.78 is 0.985. The molecule has 0 radical (unpaired) electrons. The van der Waals surface area contributed by atoms with Gasteiger partial charge in [-0.3, -0.25) is 4.79 Å². The molecule has 0 aliphatic carbocycles. The number of carboxylic acids is 1. The number of rotatable bonds is 4. The van der Waals surface area contributed by atoms with Crippen LogP contribution in [-0.4, -0.2) is 35.1 Å². The fourth-order valence-electron chi connectivity index (χ4n) is 1.90.